The molecule has 0 spiro atoms. The van der Waals surface area contributed by atoms with Gasteiger partial charge in [0.2, 0.25) is 0 Å². The maximum absolute atomic E-state index is 11.8. The number of benzene rings is 2. The van der Waals surface area contributed by atoms with Crippen LogP contribution in [0.4, 0.5) is 0 Å². The van der Waals surface area contributed by atoms with Gasteiger partial charge in [-0.15, -0.1) is 0 Å². The highest BCUT2D eigenvalue weighted by Crippen LogP contribution is 2.08. The number of rotatable bonds is 2. The molecule has 0 unspecified atom stereocenters. The van der Waals surface area contributed by atoms with Crippen molar-refractivity contribution >= 4 is 5.78 Å². The molecule has 0 atom stereocenters. The molecule has 3 heteroatoms. The van der Waals surface area contributed by atoms with Crippen LogP contribution in [0.15, 0.2) is 85.5 Å². The summed E-state index contributed by atoms with van der Waals surface area (Å²) in [5.74, 6) is 0.0752. The van der Waals surface area contributed by atoms with Crippen molar-refractivity contribution in [1.29, 1.82) is 0 Å². The van der Waals surface area contributed by atoms with E-state index >= 15 is 0 Å². The third-order valence-corrected chi connectivity index (χ3v) is 2.55. The van der Waals surface area contributed by atoms with E-state index in [4.69, 9.17) is 0 Å². The van der Waals surface area contributed by atoms with Crippen LogP contribution in [0.3, 0.4) is 0 Å². The molecular formula is C17H14N2O. The van der Waals surface area contributed by atoms with Crippen molar-refractivity contribution in [2.75, 3.05) is 0 Å². The van der Waals surface area contributed by atoms with Gasteiger partial charge < -0.3 is 0 Å². The van der Waals surface area contributed by atoms with E-state index in [2.05, 4.69) is 9.97 Å². The van der Waals surface area contributed by atoms with Crippen LogP contribution in [0.1, 0.15) is 15.9 Å². The smallest absolute Gasteiger partial charge is 0.193 e. The average molecular weight is 262 g/mol. The summed E-state index contributed by atoms with van der Waals surface area (Å²) in [5, 5.41) is 0. The molecule has 1 heterocycles. The molecule has 0 bridgehead atoms. The van der Waals surface area contributed by atoms with E-state index in [1.54, 1.807) is 24.8 Å². The summed E-state index contributed by atoms with van der Waals surface area (Å²) < 4.78 is 0. The minimum atomic E-state index is 0.0752. The molecule has 0 aliphatic heterocycles. The fraction of sp³-hybridized carbons (Fsp3) is 0. The minimum absolute atomic E-state index is 0.0752. The van der Waals surface area contributed by atoms with Crippen molar-refractivity contribution in [2.24, 2.45) is 0 Å². The van der Waals surface area contributed by atoms with E-state index in [9.17, 15) is 4.79 Å². The number of hydrogen-bond donors (Lipinski definition) is 0. The van der Waals surface area contributed by atoms with Crippen LogP contribution >= 0.6 is 0 Å². The summed E-state index contributed by atoms with van der Waals surface area (Å²) in [4.78, 5) is 19.3. The predicted molar refractivity (Wildman–Crippen MR) is 78.3 cm³/mol. The van der Waals surface area contributed by atoms with Gasteiger partial charge in [0.1, 0.15) is 0 Å². The van der Waals surface area contributed by atoms with Crippen LogP contribution in [0, 0.1) is 0 Å². The fourth-order valence-electron chi connectivity index (χ4n) is 1.60. The van der Waals surface area contributed by atoms with Crippen molar-refractivity contribution in [3.8, 4) is 0 Å². The van der Waals surface area contributed by atoms with Gasteiger partial charge in [-0.1, -0.05) is 60.7 Å². The lowest BCUT2D eigenvalue weighted by molar-refractivity contribution is 0.103. The largest absolute Gasteiger partial charge is 0.289 e. The summed E-state index contributed by atoms with van der Waals surface area (Å²) >= 11 is 0. The van der Waals surface area contributed by atoms with Crippen LogP contribution in [-0.4, -0.2) is 15.8 Å². The van der Waals surface area contributed by atoms with Crippen molar-refractivity contribution in [2.45, 2.75) is 0 Å². The Hall–Kier alpha value is -2.81. The van der Waals surface area contributed by atoms with Gasteiger partial charge in [-0.3, -0.25) is 14.8 Å². The Bertz CT molecular complexity index is 557. The Labute approximate surface area is 118 Å². The van der Waals surface area contributed by atoms with Crippen LogP contribution in [0.2, 0.25) is 0 Å². The second-order valence-corrected chi connectivity index (χ2v) is 3.96. The molecule has 3 rings (SSSR count). The van der Waals surface area contributed by atoms with Crippen molar-refractivity contribution in [3.63, 3.8) is 0 Å². The van der Waals surface area contributed by atoms with E-state index in [1.165, 1.54) is 0 Å². The third kappa shape index (κ3) is 4.14. The zero-order valence-corrected chi connectivity index (χ0v) is 10.9. The van der Waals surface area contributed by atoms with E-state index < -0.39 is 0 Å². The second kappa shape index (κ2) is 7.59. The Balaban J connectivity index is 0.000000205. The average Bonchev–Trinajstić information content (AvgIpc) is 2.58. The summed E-state index contributed by atoms with van der Waals surface area (Å²) in [6.07, 6.45) is 6.56. The first-order valence-electron chi connectivity index (χ1n) is 6.22. The highest BCUT2D eigenvalue weighted by atomic mass is 16.1. The molecule has 0 aliphatic rings. The van der Waals surface area contributed by atoms with Crippen LogP contribution in [0.25, 0.3) is 0 Å². The zero-order valence-electron chi connectivity index (χ0n) is 10.9. The minimum Gasteiger partial charge on any atom is -0.289 e. The number of nitrogens with zero attached hydrogens (tertiary/aromatic N) is 2. The first kappa shape index (κ1) is 13.6. The van der Waals surface area contributed by atoms with E-state index in [1.807, 2.05) is 60.7 Å². The summed E-state index contributed by atoms with van der Waals surface area (Å²) in [7, 11) is 0. The third-order valence-electron chi connectivity index (χ3n) is 2.55. The molecule has 2 aromatic carbocycles. The SMILES string of the molecule is O=C(c1ccccc1)c1ccccc1.c1cnccn1. The number of carbonyl (C=O) groups is 1. The van der Waals surface area contributed by atoms with Crippen LogP contribution in [0.5, 0.6) is 0 Å². The summed E-state index contributed by atoms with van der Waals surface area (Å²) in [6, 6.07) is 18.6. The predicted octanol–water partition coefficient (Wildman–Crippen LogP) is 3.39. The van der Waals surface area contributed by atoms with E-state index in [-0.39, 0.29) is 5.78 Å². The highest BCUT2D eigenvalue weighted by molar-refractivity contribution is 6.08. The standard InChI is InChI=1S/C13H10O.C4H4N2/c14-13(11-7-3-1-4-8-11)12-9-5-2-6-10-12;1-2-6-4-3-5-1/h1-10H;1-4H. The Morgan fingerprint density at radius 2 is 0.950 bits per heavy atom. The molecule has 3 nitrogen and oxygen atoms in total. The number of hydrogen-bond acceptors (Lipinski definition) is 3. The van der Waals surface area contributed by atoms with Crippen molar-refractivity contribution in [1.82, 2.24) is 9.97 Å². The quantitative estimate of drug-likeness (QED) is 0.665. The molecule has 0 N–H and O–H groups in total. The Morgan fingerprint density at radius 3 is 1.25 bits per heavy atom. The van der Waals surface area contributed by atoms with Gasteiger partial charge in [0.25, 0.3) is 0 Å². The molecule has 20 heavy (non-hydrogen) atoms. The van der Waals surface area contributed by atoms with Gasteiger partial charge in [0.05, 0.1) is 0 Å². The summed E-state index contributed by atoms with van der Waals surface area (Å²) in [6.45, 7) is 0. The number of carbonyl (C=O) groups excluding carboxylic acids is 1. The molecule has 0 saturated heterocycles. The molecular weight excluding hydrogens is 248 g/mol. The Morgan fingerprint density at radius 1 is 0.600 bits per heavy atom. The molecule has 0 radical (unpaired) electrons. The van der Waals surface area contributed by atoms with Crippen molar-refractivity contribution < 1.29 is 4.79 Å². The first-order chi connectivity index (χ1) is 9.88. The molecule has 0 saturated carbocycles. The highest BCUT2D eigenvalue weighted by Gasteiger charge is 2.06. The molecule has 0 fully saturated rings. The number of ketones is 1. The molecule has 0 aliphatic carbocycles. The summed E-state index contributed by atoms with van der Waals surface area (Å²) in [5.41, 5.74) is 1.47. The molecule has 0 amide bonds. The van der Waals surface area contributed by atoms with Gasteiger partial charge in [0, 0.05) is 35.9 Å². The monoisotopic (exact) mass is 262 g/mol. The van der Waals surface area contributed by atoms with Gasteiger partial charge in [-0.2, -0.15) is 0 Å². The molecule has 1 aromatic heterocycles. The maximum Gasteiger partial charge on any atom is 0.193 e. The molecule has 3 aromatic rings. The van der Waals surface area contributed by atoms with Crippen molar-refractivity contribution in [3.05, 3.63) is 96.6 Å². The number of aromatic nitrogens is 2. The first-order valence-corrected chi connectivity index (χ1v) is 6.22. The maximum atomic E-state index is 11.8. The fourth-order valence-corrected chi connectivity index (χ4v) is 1.60. The lowest BCUT2D eigenvalue weighted by Gasteiger charge is -1.99. The van der Waals surface area contributed by atoms with E-state index in [0.717, 1.165) is 11.1 Å². The topological polar surface area (TPSA) is 42.9 Å². The Kier molecular flexibility index (Phi) is 5.17. The second-order valence-electron chi connectivity index (χ2n) is 3.96. The van der Waals surface area contributed by atoms with Crippen LogP contribution in [-0.2, 0) is 0 Å². The van der Waals surface area contributed by atoms with E-state index in [0.29, 0.717) is 0 Å². The molecule has 98 valence electrons. The van der Waals surface area contributed by atoms with Gasteiger partial charge in [-0.25, -0.2) is 0 Å². The van der Waals surface area contributed by atoms with Crippen LogP contribution < -0.4 is 0 Å². The zero-order chi connectivity index (χ0) is 14.0. The normalized spacial score (nSPS) is 9.20. The van der Waals surface area contributed by atoms with Gasteiger partial charge in [-0.05, 0) is 0 Å². The van der Waals surface area contributed by atoms with Gasteiger partial charge in [0.15, 0.2) is 5.78 Å². The lowest BCUT2D eigenvalue weighted by atomic mass is 10.0. The lowest BCUT2D eigenvalue weighted by Crippen LogP contribution is -1.99. The van der Waals surface area contributed by atoms with Gasteiger partial charge >= 0.3 is 0 Å².